The second kappa shape index (κ2) is 7.47. The number of aliphatic carboxylic acids is 1. The summed E-state index contributed by atoms with van der Waals surface area (Å²) in [5, 5.41) is 17.2. The van der Waals surface area contributed by atoms with Gasteiger partial charge in [0, 0.05) is 7.11 Å². The smallest absolute Gasteiger partial charge is 0.435 e. The Labute approximate surface area is 143 Å². The standard InChI is InChI=1S/C14H12F4N4O4/c1-26-9(13(24)25)6-19-12(23)10-11(14(16,17)18)22(21-20-10)8-5-3-2-4-7(8)15/h2-5,9H,6H2,1H3,(H,19,23)(H,24,25). The van der Waals surface area contributed by atoms with E-state index in [1.165, 1.54) is 12.1 Å². The largest absolute Gasteiger partial charge is 0.479 e. The van der Waals surface area contributed by atoms with Crippen LogP contribution >= 0.6 is 0 Å². The Balaban J connectivity index is 2.40. The molecule has 1 amide bonds. The summed E-state index contributed by atoms with van der Waals surface area (Å²) in [5.74, 6) is -3.75. The summed E-state index contributed by atoms with van der Waals surface area (Å²) in [4.78, 5) is 22.8. The average Bonchev–Trinajstić information content (AvgIpc) is 3.00. The Morgan fingerprint density at radius 2 is 2.00 bits per heavy atom. The van der Waals surface area contributed by atoms with Gasteiger partial charge in [-0.1, -0.05) is 17.3 Å². The number of benzene rings is 1. The molecule has 2 rings (SSSR count). The molecule has 1 atom stereocenters. The third kappa shape index (κ3) is 3.96. The minimum Gasteiger partial charge on any atom is -0.479 e. The second-order valence-electron chi connectivity index (χ2n) is 4.92. The van der Waals surface area contributed by atoms with E-state index in [4.69, 9.17) is 5.11 Å². The quantitative estimate of drug-likeness (QED) is 0.735. The first-order chi connectivity index (χ1) is 12.2. The minimum absolute atomic E-state index is 0.162. The molecular formula is C14H12F4N4O4. The summed E-state index contributed by atoms with van der Waals surface area (Å²) in [6.07, 6.45) is -6.54. The molecule has 1 aromatic heterocycles. The van der Waals surface area contributed by atoms with Crippen LogP contribution < -0.4 is 5.32 Å². The van der Waals surface area contributed by atoms with E-state index < -0.39 is 53.6 Å². The van der Waals surface area contributed by atoms with Crippen LogP contribution in [0.3, 0.4) is 0 Å². The van der Waals surface area contributed by atoms with Crippen molar-refractivity contribution in [2.24, 2.45) is 0 Å². The van der Waals surface area contributed by atoms with Gasteiger partial charge in [0.05, 0.1) is 6.54 Å². The average molecular weight is 376 g/mol. The molecule has 2 aromatic rings. The Bertz CT molecular complexity index is 822. The molecule has 140 valence electrons. The highest BCUT2D eigenvalue weighted by Gasteiger charge is 2.42. The lowest BCUT2D eigenvalue weighted by Gasteiger charge is -2.13. The Morgan fingerprint density at radius 1 is 1.35 bits per heavy atom. The highest BCUT2D eigenvalue weighted by Crippen LogP contribution is 2.33. The first-order valence-corrected chi connectivity index (χ1v) is 6.98. The lowest BCUT2D eigenvalue weighted by atomic mass is 10.2. The van der Waals surface area contributed by atoms with Crippen molar-refractivity contribution in [1.29, 1.82) is 0 Å². The summed E-state index contributed by atoms with van der Waals surface area (Å²) in [7, 11) is 1.06. The number of methoxy groups -OCH3 is 1. The van der Waals surface area contributed by atoms with Gasteiger partial charge in [-0.15, -0.1) is 5.10 Å². The minimum atomic E-state index is -5.08. The van der Waals surface area contributed by atoms with Crippen molar-refractivity contribution < 1.29 is 37.0 Å². The number of nitrogens with zero attached hydrogens (tertiary/aromatic N) is 3. The molecule has 1 aromatic carbocycles. The number of carbonyl (C=O) groups excluding carboxylic acids is 1. The lowest BCUT2D eigenvalue weighted by Crippen LogP contribution is -2.38. The monoisotopic (exact) mass is 376 g/mol. The van der Waals surface area contributed by atoms with E-state index in [-0.39, 0.29) is 4.68 Å². The first-order valence-electron chi connectivity index (χ1n) is 6.98. The number of halogens is 4. The fraction of sp³-hybridized carbons (Fsp3) is 0.286. The predicted octanol–water partition coefficient (Wildman–Crippen LogP) is 1.25. The van der Waals surface area contributed by atoms with Crippen LogP contribution in [0.25, 0.3) is 5.69 Å². The lowest BCUT2D eigenvalue weighted by molar-refractivity contribution is -0.148. The van der Waals surface area contributed by atoms with Gasteiger partial charge >= 0.3 is 12.1 Å². The van der Waals surface area contributed by atoms with Crippen LogP contribution in [0.4, 0.5) is 17.6 Å². The predicted molar refractivity (Wildman–Crippen MR) is 77.1 cm³/mol. The van der Waals surface area contributed by atoms with Crippen LogP contribution in [0.2, 0.25) is 0 Å². The molecule has 0 saturated heterocycles. The molecule has 0 fully saturated rings. The van der Waals surface area contributed by atoms with Crippen LogP contribution in [-0.2, 0) is 15.7 Å². The van der Waals surface area contributed by atoms with E-state index in [9.17, 15) is 27.2 Å². The number of rotatable bonds is 6. The molecule has 8 nitrogen and oxygen atoms in total. The molecule has 0 aliphatic heterocycles. The second-order valence-corrected chi connectivity index (χ2v) is 4.92. The number of carbonyl (C=O) groups is 2. The number of hydrogen-bond donors (Lipinski definition) is 2. The van der Waals surface area contributed by atoms with Crippen molar-refractivity contribution in [3.63, 3.8) is 0 Å². The SMILES string of the molecule is COC(CNC(=O)c1nnn(-c2ccccc2F)c1C(F)(F)F)C(=O)O. The molecule has 0 spiro atoms. The van der Waals surface area contributed by atoms with Gasteiger partial charge in [-0.05, 0) is 12.1 Å². The van der Waals surface area contributed by atoms with Gasteiger partial charge < -0.3 is 15.2 Å². The van der Waals surface area contributed by atoms with Crippen LogP contribution in [0.15, 0.2) is 24.3 Å². The van der Waals surface area contributed by atoms with E-state index in [0.29, 0.717) is 0 Å². The van der Waals surface area contributed by atoms with Crippen molar-refractivity contribution in [2.45, 2.75) is 12.3 Å². The molecule has 0 bridgehead atoms. The number of carboxylic acid groups (broad SMARTS) is 1. The molecule has 0 saturated carbocycles. The zero-order valence-electron chi connectivity index (χ0n) is 13.1. The van der Waals surface area contributed by atoms with Crippen LogP contribution in [0.1, 0.15) is 16.2 Å². The van der Waals surface area contributed by atoms with Crippen LogP contribution in [0.5, 0.6) is 0 Å². The van der Waals surface area contributed by atoms with Gasteiger partial charge in [-0.25, -0.2) is 13.9 Å². The van der Waals surface area contributed by atoms with Gasteiger partial charge in [0.1, 0.15) is 11.5 Å². The molecule has 12 heteroatoms. The summed E-state index contributed by atoms with van der Waals surface area (Å²) >= 11 is 0. The summed E-state index contributed by atoms with van der Waals surface area (Å²) < 4.78 is 58.7. The third-order valence-electron chi connectivity index (χ3n) is 3.24. The first kappa shape index (κ1) is 19.3. The molecule has 1 unspecified atom stereocenters. The van der Waals surface area contributed by atoms with Gasteiger partial charge in [0.15, 0.2) is 17.5 Å². The Hall–Kier alpha value is -3.02. The molecule has 0 aliphatic rings. The number of alkyl halides is 3. The fourth-order valence-corrected chi connectivity index (χ4v) is 2.02. The summed E-state index contributed by atoms with van der Waals surface area (Å²) in [5.41, 5.74) is -3.27. The molecular weight excluding hydrogens is 364 g/mol. The fourth-order valence-electron chi connectivity index (χ4n) is 2.02. The van der Waals surface area contributed by atoms with Gasteiger partial charge in [-0.3, -0.25) is 4.79 Å². The van der Waals surface area contributed by atoms with Crippen molar-refractivity contribution in [2.75, 3.05) is 13.7 Å². The third-order valence-corrected chi connectivity index (χ3v) is 3.24. The van der Waals surface area contributed by atoms with E-state index in [2.05, 4.69) is 15.0 Å². The van der Waals surface area contributed by atoms with E-state index in [0.717, 1.165) is 19.2 Å². The number of para-hydroxylation sites is 1. The number of hydrogen-bond acceptors (Lipinski definition) is 5. The van der Waals surface area contributed by atoms with Crippen LogP contribution in [-0.4, -0.2) is 51.7 Å². The molecule has 1 heterocycles. The Kier molecular flexibility index (Phi) is 5.55. The molecule has 0 radical (unpaired) electrons. The topological polar surface area (TPSA) is 106 Å². The van der Waals surface area contributed by atoms with Crippen LogP contribution in [0, 0.1) is 5.82 Å². The van der Waals surface area contributed by atoms with E-state index in [1.54, 1.807) is 0 Å². The zero-order valence-corrected chi connectivity index (χ0v) is 13.1. The maximum atomic E-state index is 13.8. The number of nitrogens with one attached hydrogen (secondary N) is 1. The summed E-state index contributed by atoms with van der Waals surface area (Å²) in [6.45, 7) is -0.603. The van der Waals surface area contributed by atoms with Crippen molar-refractivity contribution >= 4 is 11.9 Å². The zero-order chi connectivity index (χ0) is 19.5. The highest BCUT2D eigenvalue weighted by atomic mass is 19.4. The Morgan fingerprint density at radius 3 is 2.54 bits per heavy atom. The normalized spacial score (nSPS) is 12.7. The maximum absolute atomic E-state index is 13.8. The number of carboxylic acids is 1. The molecule has 26 heavy (non-hydrogen) atoms. The number of aromatic nitrogens is 3. The van der Waals surface area contributed by atoms with Gasteiger partial charge in [0.25, 0.3) is 5.91 Å². The number of ether oxygens (including phenoxy) is 1. The maximum Gasteiger partial charge on any atom is 0.435 e. The van der Waals surface area contributed by atoms with Gasteiger partial charge in [0.2, 0.25) is 0 Å². The van der Waals surface area contributed by atoms with E-state index in [1.807, 2.05) is 5.32 Å². The van der Waals surface area contributed by atoms with Gasteiger partial charge in [-0.2, -0.15) is 13.2 Å². The van der Waals surface area contributed by atoms with E-state index >= 15 is 0 Å². The highest BCUT2D eigenvalue weighted by molar-refractivity contribution is 5.94. The van der Waals surface area contributed by atoms with Crippen molar-refractivity contribution in [1.82, 2.24) is 20.3 Å². The molecule has 0 aliphatic carbocycles. The number of amides is 1. The van der Waals surface area contributed by atoms with Crippen molar-refractivity contribution in [3.8, 4) is 5.69 Å². The summed E-state index contributed by atoms with van der Waals surface area (Å²) in [6, 6.07) is 4.52. The molecule has 2 N–H and O–H groups in total. The van der Waals surface area contributed by atoms with Crippen molar-refractivity contribution in [3.05, 3.63) is 41.5 Å².